The van der Waals surface area contributed by atoms with Gasteiger partial charge in [-0.1, -0.05) is 19.1 Å². The molecule has 0 aliphatic heterocycles. The summed E-state index contributed by atoms with van der Waals surface area (Å²) >= 11 is 0. The minimum absolute atomic E-state index is 0.100. The van der Waals surface area contributed by atoms with Crippen LogP contribution in [0.3, 0.4) is 0 Å². The predicted molar refractivity (Wildman–Crippen MR) is 64.4 cm³/mol. The monoisotopic (exact) mass is 218 g/mol. The van der Waals surface area contributed by atoms with E-state index in [1.54, 1.807) is 0 Å². The first-order valence-electron chi connectivity index (χ1n) is 5.52. The molecular formula is C13H18N2O. The molecule has 1 unspecified atom stereocenters. The molecule has 0 bridgehead atoms. The van der Waals surface area contributed by atoms with Crippen LogP contribution in [-0.2, 0) is 0 Å². The van der Waals surface area contributed by atoms with Crippen molar-refractivity contribution in [1.29, 1.82) is 5.26 Å². The third-order valence-electron chi connectivity index (χ3n) is 2.50. The highest BCUT2D eigenvalue weighted by Crippen LogP contribution is 2.22. The van der Waals surface area contributed by atoms with Crippen molar-refractivity contribution < 1.29 is 4.74 Å². The lowest BCUT2D eigenvalue weighted by Crippen LogP contribution is -2.17. The molecule has 0 aliphatic rings. The number of ether oxygens (including phenoxy) is 1. The summed E-state index contributed by atoms with van der Waals surface area (Å²) < 4.78 is 5.30. The maximum absolute atomic E-state index is 8.45. The number of nitriles is 1. The normalized spacial score (nSPS) is 11.9. The van der Waals surface area contributed by atoms with E-state index in [-0.39, 0.29) is 6.61 Å². The fourth-order valence-corrected chi connectivity index (χ4v) is 1.64. The smallest absolute Gasteiger partial charge is 0.174 e. The topological polar surface area (TPSA) is 45.0 Å². The lowest BCUT2D eigenvalue weighted by molar-refractivity contribution is 0.365. The Labute approximate surface area is 97.0 Å². The Morgan fingerprint density at radius 2 is 2.25 bits per heavy atom. The second-order valence-electron chi connectivity index (χ2n) is 3.75. The fraction of sp³-hybridized carbons (Fsp3) is 0.462. The standard InChI is InChI=1S/C13H18N2O/c1-4-15-11(3)12-5-6-13(10(2)9-12)16-8-7-14/h5-6,9,11,15H,4,8H2,1-3H3. The molecule has 86 valence electrons. The Balaban J connectivity index is 2.78. The molecule has 0 radical (unpaired) electrons. The molecule has 0 aliphatic carbocycles. The maximum atomic E-state index is 8.45. The molecule has 1 aromatic rings. The van der Waals surface area contributed by atoms with E-state index in [9.17, 15) is 0 Å². The van der Waals surface area contributed by atoms with Crippen LogP contribution in [0.5, 0.6) is 5.75 Å². The van der Waals surface area contributed by atoms with Crippen molar-refractivity contribution in [3.05, 3.63) is 29.3 Å². The molecule has 16 heavy (non-hydrogen) atoms. The zero-order valence-electron chi connectivity index (χ0n) is 10.1. The van der Waals surface area contributed by atoms with Crippen LogP contribution in [0, 0.1) is 18.3 Å². The van der Waals surface area contributed by atoms with Crippen LogP contribution in [0.25, 0.3) is 0 Å². The van der Waals surface area contributed by atoms with Gasteiger partial charge in [0.25, 0.3) is 0 Å². The zero-order valence-corrected chi connectivity index (χ0v) is 10.1. The van der Waals surface area contributed by atoms with Gasteiger partial charge in [0.15, 0.2) is 6.61 Å². The largest absolute Gasteiger partial charge is 0.478 e. The van der Waals surface area contributed by atoms with Crippen LogP contribution in [0.1, 0.15) is 31.0 Å². The van der Waals surface area contributed by atoms with Crippen molar-refractivity contribution in [3.8, 4) is 11.8 Å². The SMILES string of the molecule is CCNC(C)c1ccc(OCC#N)c(C)c1. The van der Waals surface area contributed by atoms with Crippen molar-refractivity contribution in [2.75, 3.05) is 13.2 Å². The summed E-state index contributed by atoms with van der Waals surface area (Å²) in [4.78, 5) is 0. The number of hydrogen-bond acceptors (Lipinski definition) is 3. The summed E-state index contributed by atoms with van der Waals surface area (Å²) in [6.45, 7) is 7.27. The Bertz CT molecular complexity index is 382. The number of benzene rings is 1. The van der Waals surface area contributed by atoms with Crippen LogP contribution in [0.4, 0.5) is 0 Å². The van der Waals surface area contributed by atoms with Gasteiger partial charge in [-0.15, -0.1) is 0 Å². The first-order valence-corrected chi connectivity index (χ1v) is 5.52. The summed E-state index contributed by atoms with van der Waals surface area (Å²) in [7, 11) is 0. The highest BCUT2D eigenvalue weighted by Gasteiger charge is 2.06. The van der Waals surface area contributed by atoms with E-state index in [1.165, 1.54) is 5.56 Å². The summed E-state index contributed by atoms with van der Waals surface area (Å²) in [5.41, 5.74) is 2.31. The first kappa shape index (κ1) is 12.5. The Kier molecular flexibility index (Phi) is 4.81. The number of hydrogen-bond donors (Lipinski definition) is 1. The van der Waals surface area contributed by atoms with Crippen LogP contribution in [0.2, 0.25) is 0 Å². The van der Waals surface area contributed by atoms with Crippen molar-refractivity contribution in [2.24, 2.45) is 0 Å². The van der Waals surface area contributed by atoms with E-state index < -0.39 is 0 Å². The molecule has 0 aromatic heterocycles. The molecule has 1 atom stereocenters. The van der Waals surface area contributed by atoms with Crippen molar-refractivity contribution >= 4 is 0 Å². The van der Waals surface area contributed by atoms with Gasteiger partial charge in [0, 0.05) is 6.04 Å². The lowest BCUT2D eigenvalue weighted by atomic mass is 10.1. The second-order valence-corrected chi connectivity index (χ2v) is 3.75. The average Bonchev–Trinajstić information content (AvgIpc) is 2.27. The fourth-order valence-electron chi connectivity index (χ4n) is 1.64. The molecule has 3 nitrogen and oxygen atoms in total. The third-order valence-corrected chi connectivity index (χ3v) is 2.50. The van der Waals surface area contributed by atoms with Gasteiger partial charge in [0.1, 0.15) is 11.8 Å². The Morgan fingerprint density at radius 1 is 1.50 bits per heavy atom. The zero-order chi connectivity index (χ0) is 12.0. The maximum Gasteiger partial charge on any atom is 0.174 e. The van der Waals surface area contributed by atoms with Gasteiger partial charge in [-0.05, 0) is 37.6 Å². The van der Waals surface area contributed by atoms with E-state index >= 15 is 0 Å². The van der Waals surface area contributed by atoms with Crippen LogP contribution in [0.15, 0.2) is 18.2 Å². The molecule has 0 saturated heterocycles. The minimum Gasteiger partial charge on any atom is -0.478 e. The van der Waals surface area contributed by atoms with E-state index in [4.69, 9.17) is 10.00 Å². The second kappa shape index (κ2) is 6.14. The van der Waals surface area contributed by atoms with E-state index in [2.05, 4.69) is 25.2 Å². The van der Waals surface area contributed by atoms with E-state index in [0.29, 0.717) is 6.04 Å². The Morgan fingerprint density at radius 3 is 2.81 bits per heavy atom. The molecule has 0 fully saturated rings. The highest BCUT2D eigenvalue weighted by atomic mass is 16.5. The minimum atomic E-state index is 0.100. The van der Waals surface area contributed by atoms with Crippen molar-refractivity contribution in [3.63, 3.8) is 0 Å². The molecule has 1 rings (SSSR count). The number of aryl methyl sites for hydroxylation is 1. The quantitative estimate of drug-likeness (QED) is 0.826. The van der Waals surface area contributed by atoms with Crippen LogP contribution in [-0.4, -0.2) is 13.2 Å². The first-order chi connectivity index (χ1) is 7.69. The van der Waals surface area contributed by atoms with Gasteiger partial charge < -0.3 is 10.1 Å². The van der Waals surface area contributed by atoms with Crippen LogP contribution >= 0.6 is 0 Å². The number of rotatable bonds is 5. The molecule has 0 amide bonds. The van der Waals surface area contributed by atoms with Gasteiger partial charge in [0.2, 0.25) is 0 Å². The van der Waals surface area contributed by atoms with Crippen molar-refractivity contribution in [2.45, 2.75) is 26.8 Å². The molecule has 3 heteroatoms. The highest BCUT2D eigenvalue weighted by molar-refractivity contribution is 5.37. The van der Waals surface area contributed by atoms with Crippen molar-refractivity contribution in [1.82, 2.24) is 5.32 Å². The van der Waals surface area contributed by atoms with Gasteiger partial charge in [-0.3, -0.25) is 0 Å². The summed E-state index contributed by atoms with van der Waals surface area (Å²) in [6, 6.07) is 8.37. The Hall–Kier alpha value is -1.53. The summed E-state index contributed by atoms with van der Waals surface area (Å²) in [6.07, 6.45) is 0. The molecule has 1 N–H and O–H groups in total. The van der Waals surface area contributed by atoms with Gasteiger partial charge in [-0.2, -0.15) is 5.26 Å². The molecule has 0 saturated carbocycles. The molecular weight excluding hydrogens is 200 g/mol. The van der Waals surface area contributed by atoms with Gasteiger partial charge in [-0.25, -0.2) is 0 Å². The molecule has 1 aromatic carbocycles. The lowest BCUT2D eigenvalue weighted by Gasteiger charge is -2.14. The predicted octanol–water partition coefficient (Wildman–Crippen LogP) is 2.57. The van der Waals surface area contributed by atoms with Gasteiger partial charge in [0.05, 0.1) is 0 Å². The van der Waals surface area contributed by atoms with E-state index in [1.807, 2.05) is 25.1 Å². The molecule has 0 spiro atoms. The number of nitrogens with zero attached hydrogens (tertiary/aromatic N) is 1. The third kappa shape index (κ3) is 3.25. The number of nitrogens with one attached hydrogen (secondary N) is 1. The summed E-state index contributed by atoms with van der Waals surface area (Å²) in [5.74, 6) is 0.786. The summed E-state index contributed by atoms with van der Waals surface area (Å²) in [5, 5.41) is 11.8. The molecule has 0 heterocycles. The van der Waals surface area contributed by atoms with Crippen LogP contribution < -0.4 is 10.1 Å². The van der Waals surface area contributed by atoms with Gasteiger partial charge >= 0.3 is 0 Å². The van der Waals surface area contributed by atoms with E-state index in [0.717, 1.165) is 17.9 Å². The average molecular weight is 218 g/mol.